The van der Waals surface area contributed by atoms with Crippen LogP contribution >= 0.6 is 0 Å². The second kappa shape index (κ2) is 18.0. The monoisotopic (exact) mass is 555 g/mol. The average molecular weight is 556 g/mol. The van der Waals surface area contributed by atoms with E-state index in [-0.39, 0.29) is 60.9 Å². The minimum Gasteiger partial charge on any atom is -0.550 e. The average Bonchev–Trinajstić information content (AvgIpc) is 2.95. The summed E-state index contributed by atoms with van der Waals surface area (Å²) >= 11 is 0. The van der Waals surface area contributed by atoms with Crippen LogP contribution in [-0.4, -0.2) is 43.0 Å². The van der Waals surface area contributed by atoms with E-state index in [2.05, 4.69) is 16.0 Å². The van der Waals surface area contributed by atoms with Crippen LogP contribution in [0.15, 0.2) is 72.8 Å². The van der Waals surface area contributed by atoms with E-state index < -0.39 is 18.1 Å². The number of alkyl carbamates (subject to hydrolysis) is 1. The molecule has 0 spiro atoms. The molecule has 3 aromatic carbocycles. The Hall–Kier alpha value is -3.40. The molecule has 0 heterocycles. The summed E-state index contributed by atoms with van der Waals surface area (Å²) in [5.74, 6) is -1.80. The Labute approximate surface area is 256 Å². The standard InChI is InChI=1S/C30H35N3O6.Na/c34-27(35)15-5-2-8-18-31-29(37)26(14-9-19-32-30(38)39-21-22-10-3-1-4-11-22)33-28(36)25-17-16-23-12-6-7-13-24(23)20-25;/h1,3-4,6-7,10-13,16-17,20,26H,2,5,8-9,14-15,18-19,21H2,(H,31,37)(H,32,38)(H,33,36)(H,34,35);/q;+1/p-1/t26-;/m0./s1. The fourth-order valence-electron chi connectivity index (χ4n) is 4.02. The van der Waals surface area contributed by atoms with Gasteiger partial charge >= 0.3 is 35.7 Å². The van der Waals surface area contributed by atoms with E-state index >= 15 is 0 Å². The first-order valence-corrected chi connectivity index (χ1v) is 13.1. The zero-order chi connectivity index (χ0) is 27.9. The molecule has 0 aliphatic heterocycles. The summed E-state index contributed by atoms with van der Waals surface area (Å²) in [6.45, 7) is 0.785. The zero-order valence-electron chi connectivity index (χ0n) is 22.8. The largest absolute Gasteiger partial charge is 1.00 e. The molecule has 0 saturated heterocycles. The molecule has 1 atom stereocenters. The number of carbonyl (C=O) groups excluding carboxylic acids is 4. The van der Waals surface area contributed by atoms with Crippen molar-refractivity contribution >= 4 is 34.6 Å². The van der Waals surface area contributed by atoms with Gasteiger partial charge in [0.05, 0.1) is 0 Å². The van der Waals surface area contributed by atoms with E-state index in [1.54, 1.807) is 12.1 Å². The van der Waals surface area contributed by atoms with Gasteiger partial charge in [0.1, 0.15) is 12.6 Å². The quantitative estimate of drug-likeness (QED) is 0.179. The second-order valence-corrected chi connectivity index (χ2v) is 9.19. The Balaban J connectivity index is 0.00000560. The first-order valence-electron chi connectivity index (χ1n) is 13.1. The van der Waals surface area contributed by atoms with E-state index in [4.69, 9.17) is 4.74 Å². The van der Waals surface area contributed by atoms with Gasteiger partial charge in [-0.2, -0.15) is 0 Å². The summed E-state index contributed by atoms with van der Waals surface area (Å²) in [4.78, 5) is 48.5. The molecule has 0 bridgehead atoms. The number of carboxylic acid groups (broad SMARTS) is 1. The summed E-state index contributed by atoms with van der Waals surface area (Å²) in [6.07, 6.45) is 1.88. The van der Waals surface area contributed by atoms with Gasteiger partial charge in [0, 0.05) is 24.6 Å². The molecule has 0 aliphatic rings. The van der Waals surface area contributed by atoms with Gasteiger partial charge in [0.15, 0.2) is 0 Å². The molecule has 0 unspecified atom stereocenters. The van der Waals surface area contributed by atoms with Gasteiger partial charge < -0.3 is 30.6 Å². The van der Waals surface area contributed by atoms with E-state index in [0.29, 0.717) is 44.2 Å². The second-order valence-electron chi connectivity index (χ2n) is 9.19. The molecule has 0 radical (unpaired) electrons. The maximum Gasteiger partial charge on any atom is 1.00 e. The first kappa shape index (κ1) is 32.8. The number of benzene rings is 3. The van der Waals surface area contributed by atoms with E-state index in [1.165, 1.54) is 0 Å². The number of hydrogen-bond acceptors (Lipinski definition) is 6. The minimum atomic E-state index is -1.09. The molecule has 3 N–H and O–H groups in total. The smallest absolute Gasteiger partial charge is 0.550 e. The van der Waals surface area contributed by atoms with E-state index in [0.717, 1.165) is 16.3 Å². The van der Waals surface area contributed by atoms with Crippen molar-refractivity contribution in [2.45, 2.75) is 51.2 Å². The number of ether oxygens (including phenoxy) is 1. The SMILES string of the molecule is O=C([O-])CCCCCNC(=O)[C@H](CCCNC(=O)OCc1ccccc1)NC(=O)c1ccc2ccccc2c1.[Na+]. The maximum atomic E-state index is 13.0. The summed E-state index contributed by atoms with van der Waals surface area (Å²) in [7, 11) is 0. The molecule has 10 heteroatoms. The van der Waals surface area contributed by atoms with Crippen molar-refractivity contribution in [2.24, 2.45) is 0 Å². The predicted octanol–water partition coefficient (Wildman–Crippen LogP) is 0.0753. The number of carbonyl (C=O) groups is 4. The summed E-state index contributed by atoms with van der Waals surface area (Å²) in [5.41, 5.74) is 1.32. The first-order chi connectivity index (χ1) is 18.9. The van der Waals surface area contributed by atoms with Crippen LogP contribution in [0.3, 0.4) is 0 Å². The van der Waals surface area contributed by atoms with Gasteiger partial charge in [-0.3, -0.25) is 9.59 Å². The summed E-state index contributed by atoms with van der Waals surface area (Å²) in [6, 6.07) is 21.6. The molecule has 3 rings (SSSR count). The Kier molecular flexibility index (Phi) is 14.8. The molecule has 0 fully saturated rings. The van der Waals surface area contributed by atoms with Crippen molar-refractivity contribution in [3.8, 4) is 0 Å². The Morgan fingerprint density at radius 2 is 1.48 bits per heavy atom. The van der Waals surface area contributed by atoms with Gasteiger partial charge in [-0.15, -0.1) is 0 Å². The summed E-state index contributed by atoms with van der Waals surface area (Å²) in [5, 5.41) is 20.8. The molecule has 9 nitrogen and oxygen atoms in total. The fourth-order valence-corrected chi connectivity index (χ4v) is 4.02. The van der Waals surface area contributed by atoms with Crippen LogP contribution in [0.2, 0.25) is 0 Å². The number of hydrogen-bond donors (Lipinski definition) is 3. The molecule has 0 aromatic heterocycles. The van der Waals surface area contributed by atoms with Gasteiger partial charge in [-0.25, -0.2) is 4.79 Å². The normalized spacial score (nSPS) is 11.1. The van der Waals surface area contributed by atoms with Gasteiger partial charge in [0.25, 0.3) is 5.91 Å². The molecule has 40 heavy (non-hydrogen) atoms. The van der Waals surface area contributed by atoms with E-state index in [9.17, 15) is 24.3 Å². The van der Waals surface area contributed by atoms with Crippen LogP contribution in [-0.2, 0) is 20.9 Å². The van der Waals surface area contributed by atoms with Crippen LogP contribution in [0.5, 0.6) is 0 Å². The van der Waals surface area contributed by atoms with E-state index in [1.807, 2.05) is 60.7 Å². The molecule has 3 aromatic rings. The molecule has 0 saturated carbocycles. The predicted molar refractivity (Wildman–Crippen MR) is 146 cm³/mol. The number of rotatable bonds is 15. The maximum absolute atomic E-state index is 13.0. The van der Waals surface area contributed by atoms with Crippen molar-refractivity contribution < 1.29 is 58.6 Å². The zero-order valence-corrected chi connectivity index (χ0v) is 24.8. The number of nitrogens with one attached hydrogen (secondary N) is 3. The number of carboxylic acids is 1. The van der Waals surface area contributed by atoms with Crippen molar-refractivity contribution in [3.63, 3.8) is 0 Å². The molecular weight excluding hydrogens is 521 g/mol. The molecule has 0 aliphatic carbocycles. The van der Waals surface area contributed by atoms with Crippen LogP contribution in [0.25, 0.3) is 10.8 Å². The third kappa shape index (κ3) is 11.8. The van der Waals surface area contributed by atoms with Crippen molar-refractivity contribution in [2.75, 3.05) is 13.1 Å². The van der Waals surface area contributed by atoms with Crippen molar-refractivity contribution in [3.05, 3.63) is 83.9 Å². The Morgan fingerprint density at radius 1 is 0.775 bits per heavy atom. The Morgan fingerprint density at radius 3 is 2.23 bits per heavy atom. The third-order valence-corrected chi connectivity index (χ3v) is 6.14. The Bertz CT molecular complexity index is 1250. The minimum absolute atomic E-state index is 0. The van der Waals surface area contributed by atoms with Crippen LogP contribution in [0.1, 0.15) is 54.4 Å². The van der Waals surface area contributed by atoms with Crippen LogP contribution in [0.4, 0.5) is 4.79 Å². The third-order valence-electron chi connectivity index (χ3n) is 6.14. The number of amides is 3. The van der Waals surface area contributed by atoms with Crippen molar-refractivity contribution in [1.29, 1.82) is 0 Å². The van der Waals surface area contributed by atoms with Crippen molar-refractivity contribution in [1.82, 2.24) is 16.0 Å². The molecule has 3 amide bonds. The molecule has 206 valence electrons. The van der Waals surface area contributed by atoms with Gasteiger partial charge in [-0.1, -0.05) is 67.1 Å². The van der Waals surface area contributed by atoms with Gasteiger partial charge in [0.2, 0.25) is 5.91 Å². The summed E-state index contributed by atoms with van der Waals surface area (Å²) < 4.78 is 5.20. The van der Waals surface area contributed by atoms with Crippen LogP contribution in [0, 0.1) is 0 Å². The van der Waals surface area contributed by atoms with Crippen LogP contribution < -0.4 is 50.6 Å². The molecular formula is C30H34N3NaO6. The number of fused-ring (bicyclic) bond motifs is 1. The topological polar surface area (TPSA) is 137 Å². The number of unbranched alkanes of at least 4 members (excludes halogenated alkanes) is 2. The number of aliphatic carboxylic acids is 1. The van der Waals surface area contributed by atoms with Gasteiger partial charge in [-0.05, 0) is 60.6 Å². The fraction of sp³-hybridized carbons (Fsp3) is 0.333.